The van der Waals surface area contributed by atoms with E-state index in [9.17, 15) is 10.2 Å². The maximum absolute atomic E-state index is 9.49. The molecule has 7 heteroatoms. The molecule has 0 aliphatic carbocycles. The van der Waals surface area contributed by atoms with Crippen LogP contribution < -0.4 is 0 Å². The highest BCUT2D eigenvalue weighted by Gasteiger charge is 2.25. The molecule has 0 aliphatic heterocycles. The van der Waals surface area contributed by atoms with Gasteiger partial charge < -0.3 is 30.1 Å². The monoisotopic (exact) mass is 233 g/mol. The maximum atomic E-state index is 9.49. The molecule has 0 saturated carbocycles. The molecular weight excluding hydrogens is 218 g/mol. The third kappa shape index (κ3) is 3.26. The van der Waals surface area contributed by atoms with Crippen molar-refractivity contribution in [1.29, 1.82) is 0 Å². The summed E-state index contributed by atoms with van der Waals surface area (Å²) in [6.45, 7) is -0.941. The van der Waals surface area contributed by atoms with Crippen LogP contribution in [0, 0.1) is 0 Å². The second-order valence-electron chi connectivity index (χ2n) is 3.45. The Kier molecular flexibility index (Phi) is 4.84. The third-order valence-corrected chi connectivity index (χ3v) is 2.16. The van der Waals surface area contributed by atoms with Gasteiger partial charge in [-0.25, -0.2) is 0 Å². The van der Waals surface area contributed by atoms with Crippen LogP contribution in [0.25, 0.3) is 0 Å². The van der Waals surface area contributed by atoms with Crippen LogP contribution in [0.3, 0.4) is 0 Å². The number of rotatable bonds is 6. The summed E-state index contributed by atoms with van der Waals surface area (Å²) in [6.07, 6.45) is -4.17. The number of nitrogens with zero attached hydrogens (tertiary/aromatic N) is 1. The van der Waals surface area contributed by atoms with Crippen LogP contribution in [-0.4, -0.2) is 55.6 Å². The molecule has 0 aliphatic rings. The summed E-state index contributed by atoms with van der Waals surface area (Å²) < 4.78 is 4.68. The molecule has 0 saturated heterocycles. The van der Waals surface area contributed by atoms with E-state index in [-0.39, 0.29) is 18.8 Å². The number of aliphatic hydroxyl groups is 5. The van der Waals surface area contributed by atoms with Crippen LogP contribution in [0.1, 0.15) is 11.5 Å². The van der Waals surface area contributed by atoms with E-state index in [2.05, 4.69) is 9.68 Å². The van der Waals surface area contributed by atoms with Crippen molar-refractivity contribution in [3.05, 3.63) is 17.5 Å². The molecule has 5 N–H and O–H groups in total. The van der Waals surface area contributed by atoms with Crippen molar-refractivity contribution in [3.8, 4) is 0 Å². The van der Waals surface area contributed by atoms with Gasteiger partial charge in [0.15, 0.2) is 5.76 Å². The largest absolute Gasteiger partial charge is 0.394 e. The predicted octanol–water partition coefficient (Wildman–Crippen LogP) is -2.22. The van der Waals surface area contributed by atoms with Gasteiger partial charge in [-0.3, -0.25) is 0 Å². The van der Waals surface area contributed by atoms with Gasteiger partial charge in [-0.15, -0.1) is 0 Å². The normalized spacial score (nSPS) is 17.1. The number of hydrogen-bond donors (Lipinski definition) is 5. The van der Waals surface area contributed by atoms with Crippen molar-refractivity contribution in [1.82, 2.24) is 5.16 Å². The molecule has 0 bridgehead atoms. The summed E-state index contributed by atoms with van der Waals surface area (Å²) in [7, 11) is 0. The van der Waals surface area contributed by atoms with E-state index >= 15 is 0 Å². The predicted molar refractivity (Wildman–Crippen MR) is 51.2 cm³/mol. The lowest BCUT2D eigenvalue weighted by atomic mass is 10.0. The second kappa shape index (κ2) is 5.92. The molecule has 0 amide bonds. The maximum Gasteiger partial charge on any atom is 0.162 e. The molecule has 0 fully saturated rings. The Hall–Kier alpha value is -0.990. The zero-order valence-electron chi connectivity index (χ0n) is 8.52. The van der Waals surface area contributed by atoms with E-state index in [0.717, 1.165) is 0 Å². The highest BCUT2D eigenvalue weighted by atomic mass is 16.5. The van der Waals surface area contributed by atoms with E-state index in [1.165, 1.54) is 6.07 Å². The van der Waals surface area contributed by atoms with Gasteiger partial charge in [0.1, 0.15) is 18.8 Å². The Morgan fingerprint density at radius 3 is 2.38 bits per heavy atom. The fourth-order valence-corrected chi connectivity index (χ4v) is 1.23. The molecule has 0 radical (unpaired) electrons. The first-order chi connectivity index (χ1) is 7.58. The van der Waals surface area contributed by atoms with Crippen molar-refractivity contribution in [2.75, 3.05) is 6.61 Å². The Morgan fingerprint density at radius 2 is 1.88 bits per heavy atom. The van der Waals surface area contributed by atoms with Gasteiger partial charge >= 0.3 is 0 Å². The van der Waals surface area contributed by atoms with E-state index in [4.69, 9.17) is 15.3 Å². The second-order valence-corrected chi connectivity index (χ2v) is 3.45. The van der Waals surface area contributed by atoms with Crippen LogP contribution in [0.4, 0.5) is 0 Å². The molecule has 1 heterocycles. The molecule has 0 aromatic carbocycles. The molecular formula is C9H15NO6. The summed E-state index contributed by atoms with van der Waals surface area (Å²) in [5, 5.41) is 48.7. The Labute approximate surface area is 91.6 Å². The number of aliphatic hydroxyl groups excluding tert-OH is 5. The summed E-state index contributed by atoms with van der Waals surface area (Å²) in [6, 6.07) is 1.43. The van der Waals surface area contributed by atoms with E-state index in [1.54, 1.807) is 0 Å². The SMILES string of the molecule is OCc1cc(C[C@@H](O)[C@H](O)[C@H](O)CO)no1. The van der Waals surface area contributed by atoms with E-state index in [1.807, 2.05) is 0 Å². The van der Waals surface area contributed by atoms with Crippen molar-refractivity contribution < 1.29 is 30.1 Å². The summed E-state index contributed by atoms with van der Waals surface area (Å²) in [5.41, 5.74) is 0.348. The van der Waals surface area contributed by atoms with Crippen LogP contribution >= 0.6 is 0 Å². The van der Waals surface area contributed by atoms with Crippen molar-refractivity contribution in [2.24, 2.45) is 0 Å². The molecule has 92 valence electrons. The van der Waals surface area contributed by atoms with E-state index < -0.39 is 24.9 Å². The Bertz CT molecular complexity index is 315. The highest BCUT2D eigenvalue weighted by Crippen LogP contribution is 2.09. The van der Waals surface area contributed by atoms with Crippen LogP contribution in [0.2, 0.25) is 0 Å². The number of hydrogen-bond acceptors (Lipinski definition) is 7. The smallest absolute Gasteiger partial charge is 0.162 e. The van der Waals surface area contributed by atoms with Crippen LogP contribution in [-0.2, 0) is 13.0 Å². The minimum atomic E-state index is -1.46. The molecule has 16 heavy (non-hydrogen) atoms. The zero-order chi connectivity index (χ0) is 12.1. The Balaban J connectivity index is 2.53. The van der Waals surface area contributed by atoms with Gasteiger partial charge in [0, 0.05) is 12.5 Å². The first kappa shape index (κ1) is 13.1. The molecule has 0 spiro atoms. The van der Waals surface area contributed by atoms with Crippen molar-refractivity contribution >= 4 is 0 Å². The highest BCUT2D eigenvalue weighted by molar-refractivity contribution is 5.06. The minimum absolute atomic E-state index is 0.0400. The fraction of sp³-hybridized carbons (Fsp3) is 0.667. The lowest BCUT2D eigenvalue weighted by Gasteiger charge is -2.20. The summed E-state index contributed by atoms with van der Waals surface area (Å²) >= 11 is 0. The summed E-state index contributed by atoms with van der Waals surface area (Å²) in [4.78, 5) is 0. The lowest BCUT2D eigenvalue weighted by Crippen LogP contribution is -2.40. The third-order valence-electron chi connectivity index (χ3n) is 2.16. The molecule has 0 unspecified atom stereocenters. The topological polar surface area (TPSA) is 127 Å². The number of aromatic nitrogens is 1. The van der Waals surface area contributed by atoms with Crippen molar-refractivity contribution in [2.45, 2.75) is 31.3 Å². The quantitative estimate of drug-likeness (QED) is 0.376. The van der Waals surface area contributed by atoms with Crippen molar-refractivity contribution in [3.63, 3.8) is 0 Å². The molecule has 1 aromatic rings. The molecule has 1 rings (SSSR count). The average molecular weight is 233 g/mol. The summed E-state index contributed by atoms with van der Waals surface area (Å²) in [5.74, 6) is 0.249. The lowest BCUT2D eigenvalue weighted by molar-refractivity contribution is -0.0759. The zero-order valence-corrected chi connectivity index (χ0v) is 8.52. The van der Waals surface area contributed by atoms with Gasteiger partial charge in [-0.2, -0.15) is 0 Å². The molecule has 7 nitrogen and oxygen atoms in total. The van der Waals surface area contributed by atoms with Gasteiger partial charge in [-0.05, 0) is 0 Å². The fourth-order valence-electron chi connectivity index (χ4n) is 1.23. The van der Waals surface area contributed by atoms with Gasteiger partial charge in [0.25, 0.3) is 0 Å². The standard InChI is InChI=1S/C9H15NO6/c11-3-6-1-5(10-16-6)2-7(13)9(15)8(14)4-12/h1,7-9,11-15H,2-4H2/t7-,8-,9+/m1/s1. The van der Waals surface area contributed by atoms with Gasteiger partial charge in [-0.1, -0.05) is 5.16 Å². The van der Waals surface area contributed by atoms with E-state index in [0.29, 0.717) is 5.69 Å². The van der Waals surface area contributed by atoms with Crippen LogP contribution in [0.15, 0.2) is 10.6 Å². The average Bonchev–Trinajstić information content (AvgIpc) is 2.74. The van der Waals surface area contributed by atoms with Crippen LogP contribution in [0.5, 0.6) is 0 Å². The van der Waals surface area contributed by atoms with Gasteiger partial charge in [0.2, 0.25) is 0 Å². The molecule has 1 aromatic heterocycles. The Morgan fingerprint density at radius 1 is 1.19 bits per heavy atom. The minimum Gasteiger partial charge on any atom is -0.394 e. The molecule has 3 atom stereocenters. The first-order valence-corrected chi connectivity index (χ1v) is 4.78. The first-order valence-electron chi connectivity index (χ1n) is 4.78. The van der Waals surface area contributed by atoms with Gasteiger partial charge in [0.05, 0.1) is 18.4 Å².